The van der Waals surface area contributed by atoms with Gasteiger partial charge in [-0.05, 0) is 56.7 Å². The number of nitrogens with one attached hydrogen (secondary N) is 1. The molecule has 0 aliphatic carbocycles. The van der Waals surface area contributed by atoms with Crippen LogP contribution in [0.1, 0.15) is 36.7 Å². The molecule has 0 radical (unpaired) electrons. The molecule has 0 spiro atoms. The van der Waals surface area contributed by atoms with Gasteiger partial charge in [-0.15, -0.1) is 0 Å². The van der Waals surface area contributed by atoms with Crippen LogP contribution >= 0.6 is 23.2 Å². The number of hydrogen-bond acceptors (Lipinski definition) is 5. The fourth-order valence-electron chi connectivity index (χ4n) is 3.84. The molecule has 2 aromatic rings. The van der Waals surface area contributed by atoms with Crippen LogP contribution in [-0.2, 0) is 26.1 Å². The molecule has 1 aliphatic heterocycles. The Hall–Kier alpha value is -2.17. The predicted molar refractivity (Wildman–Crippen MR) is 135 cm³/mol. The Balaban J connectivity index is 1.73. The summed E-state index contributed by atoms with van der Waals surface area (Å²) in [4.78, 5) is 26.8. The highest BCUT2D eigenvalue weighted by molar-refractivity contribution is 7.89. The van der Waals surface area contributed by atoms with E-state index >= 15 is 0 Å². The molecule has 2 unspecified atom stereocenters. The van der Waals surface area contributed by atoms with Crippen LogP contribution < -0.4 is 5.32 Å². The number of carbonyl (C=O) groups excluding carboxylic acids is 2. The highest BCUT2D eigenvalue weighted by Crippen LogP contribution is 2.28. The highest BCUT2D eigenvalue weighted by Gasteiger charge is 2.34. The molecule has 2 aromatic carbocycles. The second-order valence-corrected chi connectivity index (χ2v) is 11.2. The van der Waals surface area contributed by atoms with Gasteiger partial charge in [0.15, 0.2) is 0 Å². The van der Waals surface area contributed by atoms with Crippen LogP contribution in [0.3, 0.4) is 0 Å². The maximum Gasteiger partial charge on any atom is 0.254 e. The largest absolute Gasteiger partial charge is 0.373 e. The summed E-state index contributed by atoms with van der Waals surface area (Å²) >= 11 is 12.1. The maximum absolute atomic E-state index is 13.3. The van der Waals surface area contributed by atoms with Gasteiger partial charge in [-0.3, -0.25) is 9.59 Å². The Kier molecular flexibility index (Phi) is 9.17. The molecule has 1 N–H and O–H groups in total. The summed E-state index contributed by atoms with van der Waals surface area (Å²) in [5, 5.41) is 3.40. The van der Waals surface area contributed by atoms with Gasteiger partial charge in [-0.25, -0.2) is 8.42 Å². The topological polar surface area (TPSA) is 96.0 Å². The molecule has 2 amide bonds. The fourth-order valence-corrected chi connectivity index (χ4v) is 6.06. The molecule has 35 heavy (non-hydrogen) atoms. The third-order valence-electron chi connectivity index (χ3n) is 5.59. The lowest BCUT2D eigenvalue weighted by atomic mass is 10.2. The number of likely N-dealkylation sites (N-methyl/N-ethyl adjacent to an activating group) is 1. The van der Waals surface area contributed by atoms with Crippen LogP contribution in [0.4, 0.5) is 0 Å². The van der Waals surface area contributed by atoms with Crippen molar-refractivity contribution in [1.82, 2.24) is 14.5 Å². The summed E-state index contributed by atoms with van der Waals surface area (Å²) in [6.45, 7) is 6.11. The minimum atomic E-state index is -3.95. The summed E-state index contributed by atoms with van der Waals surface area (Å²) < 4.78 is 33.6. The first-order valence-corrected chi connectivity index (χ1v) is 13.5. The number of amides is 2. The number of benzene rings is 2. The second kappa shape index (κ2) is 11.7. The summed E-state index contributed by atoms with van der Waals surface area (Å²) in [7, 11) is -3.95. The smallest absolute Gasteiger partial charge is 0.254 e. The minimum absolute atomic E-state index is 0.0251. The summed E-state index contributed by atoms with van der Waals surface area (Å²) in [6, 6.07) is 11.2. The number of nitrogens with zero attached hydrogens (tertiary/aromatic N) is 2. The van der Waals surface area contributed by atoms with Crippen molar-refractivity contribution in [3.63, 3.8) is 0 Å². The summed E-state index contributed by atoms with van der Waals surface area (Å²) in [5.74, 6) is -0.806. The molecule has 1 saturated heterocycles. The van der Waals surface area contributed by atoms with E-state index in [-0.39, 0.29) is 59.8 Å². The molecule has 3 rings (SSSR count). The minimum Gasteiger partial charge on any atom is -0.373 e. The van der Waals surface area contributed by atoms with E-state index in [1.54, 1.807) is 45.0 Å². The van der Waals surface area contributed by atoms with Gasteiger partial charge in [0.2, 0.25) is 15.9 Å². The summed E-state index contributed by atoms with van der Waals surface area (Å²) in [6.07, 6.45) is -0.529. The first-order chi connectivity index (χ1) is 16.5. The van der Waals surface area contributed by atoms with Crippen molar-refractivity contribution in [2.75, 3.05) is 26.2 Å². The first kappa shape index (κ1) is 27.4. The highest BCUT2D eigenvalue weighted by atomic mass is 35.5. The fraction of sp³-hybridized carbons (Fsp3) is 0.417. The Morgan fingerprint density at radius 1 is 1.09 bits per heavy atom. The monoisotopic (exact) mass is 541 g/mol. The molecular weight excluding hydrogens is 513 g/mol. The molecule has 1 heterocycles. The van der Waals surface area contributed by atoms with Crippen molar-refractivity contribution in [2.24, 2.45) is 0 Å². The Labute approximate surface area is 216 Å². The van der Waals surface area contributed by atoms with E-state index in [1.807, 2.05) is 0 Å². The van der Waals surface area contributed by atoms with Crippen LogP contribution in [0.2, 0.25) is 10.0 Å². The number of sulfonamides is 1. The van der Waals surface area contributed by atoms with E-state index < -0.39 is 15.9 Å². The van der Waals surface area contributed by atoms with E-state index in [9.17, 15) is 18.0 Å². The number of hydrogen-bond donors (Lipinski definition) is 1. The molecule has 0 aromatic heterocycles. The average molecular weight is 542 g/mol. The zero-order chi connectivity index (χ0) is 25.8. The Morgan fingerprint density at radius 3 is 2.31 bits per heavy atom. The van der Waals surface area contributed by atoms with Crippen molar-refractivity contribution in [1.29, 1.82) is 0 Å². The third kappa shape index (κ3) is 6.95. The van der Waals surface area contributed by atoms with Crippen molar-refractivity contribution >= 4 is 45.0 Å². The lowest BCUT2D eigenvalue weighted by molar-refractivity contribution is -0.121. The second-order valence-electron chi connectivity index (χ2n) is 8.45. The van der Waals surface area contributed by atoms with Gasteiger partial charge in [-0.2, -0.15) is 4.31 Å². The van der Waals surface area contributed by atoms with Gasteiger partial charge in [0, 0.05) is 36.8 Å². The molecule has 0 saturated carbocycles. The van der Waals surface area contributed by atoms with Crippen molar-refractivity contribution < 1.29 is 22.7 Å². The van der Waals surface area contributed by atoms with Crippen LogP contribution in [0, 0.1) is 0 Å². The lowest BCUT2D eigenvalue weighted by Crippen LogP contribution is -2.48. The van der Waals surface area contributed by atoms with Crippen LogP contribution in [0.25, 0.3) is 0 Å². The number of carbonyl (C=O) groups is 2. The SMILES string of the molecule is CCN(CC(=O)NCc1ccc(Cl)cc1)C(=O)c1ccc(Cl)c(S(=O)(=O)N2CC(C)OC(C)C2)c1. The van der Waals surface area contributed by atoms with Gasteiger partial charge in [0.1, 0.15) is 4.90 Å². The molecule has 2 atom stereocenters. The van der Waals surface area contributed by atoms with Crippen molar-refractivity contribution in [3.8, 4) is 0 Å². The quantitative estimate of drug-likeness (QED) is 0.551. The van der Waals surface area contributed by atoms with E-state index in [1.165, 1.54) is 27.4 Å². The van der Waals surface area contributed by atoms with Gasteiger partial charge < -0.3 is 15.0 Å². The van der Waals surface area contributed by atoms with E-state index in [2.05, 4.69) is 5.32 Å². The lowest BCUT2D eigenvalue weighted by Gasteiger charge is -2.34. The van der Waals surface area contributed by atoms with E-state index in [0.29, 0.717) is 11.6 Å². The van der Waals surface area contributed by atoms with E-state index in [0.717, 1.165) is 5.56 Å². The average Bonchev–Trinajstić information content (AvgIpc) is 2.81. The number of rotatable bonds is 8. The van der Waals surface area contributed by atoms with Gasteiger partial charge in [-0.1, -0.05) is 35.3 Å². The van der Waals surface area contributed by atoms with Gasteiger partial charge in [0.05, 0.1) is 23.8 Å². The maximum atomic E-state index is 13.3. The number of ether oxygens (including phenoxy) is 1. The Morgan fingerprint density at radius 2 is 1.71 bits per heavy atom. The standard InChI is InChI=1S/C24H29Cl2N3O5S/c1-4-28(15-23(30)27-12-18-5-8-20(25)9-6-18)24(31)19-7-10-21(26)22(11-19)35(32,33)29-13-16(2)34-17(3)14-29/h5-11,16-17H,4,12-15H2,1-3H3,(H,27,30). The van der Waals surface area contributed by atoms with Crippen molar-refractivity contribution in [2.45, 2.75) is 44.4 Å². The van der Waals surface area contributed by atoms with Crippen LogP contribution in [0.15, 0.2) is 47.4 Å². The first-order valence-electron chi connectivity index (χ1n) is 11.3. The molecule has 0 bridgehead atoms. The van der Waals surface area contributed by atoms with E-state index in [4.69, 9.17) is 27.9 Å². The van der Waals surface area contributed by atoms with Crippen molar-refractivity contribution in [3.05, 3.63) is 63.6 Å². The molecule has 8 nitrogen and oxygen atoms in total. The molecule has 190 valence electrons. The predicted octanol–water partition coefficient (Wildman–Crippen LogP) is 3.57. The Bertz CT molecular complexity index is 1160. The molecular formula is C24H29Cl2N3O5S. The zero-order valence-corrected chi connectivity index (χ0v) is 22.2. The normalized spacial score (nSPS) is 18.8. The third-order valence-corrected chi connectivity index (χ3v) is 8.15. The zero-order valence-electron chi connectivity index (χ0n) is 19.8. The molecule has 11 heteroatoms. The number of morpholine rings is 1. The van der Waals surface area contributed by atoms with Gasteiger partial charge in [0.25, 0.3) is 5.91 Å². The summed E-state index contributed by atoms with van der Waals surface area (Å²) in [5.41, 5.74) is 1.01. The van der Waals surface area contributed by atoms with Crippen LogP contribution in [0.5, 0.6) is 0 Å². The molecule has 1 fully saturated rings. The molecule has 1 aliphatic rings. The van der Waals surface area contributed by atoms with Crippen LogP contribution in [-0.4, -0.2) is 67.8 Å². The van der Waals surface area contributed by atoms with Gasteiger partial charge >= 0.3 is 0 Å². The number of halogens is 2.